The number of rotatable bonds is 10. The van der Waals surface area contributed by atoms with Crippen molar-refractivity contribution in [1.29, 1.82) is 5.26 Å². The molecule has 0 aliphatic carbocycles. The lowest BCUT2D eigenvalue weighted by Crippen LogP contribution is -2.71. The number of allylic oxidation sites excluding steroid dienone is 2. The Bertz CT molecular complexity index is 1480. The number of nitrogens with two attached hydrogens (primary N) is 1. The zero-order chi connectivity index (χ0) is 28.8. The fourth-order valence-corrected chi connectivity index (χ4v) is 5.74. The quantitative estimate of drug-likeness (QED) is 0.0747. The summed E-state index contributed by atoms with van der Waals surface area (Å²) in [4.78, 5) is 59.8. The lowest BCUT2D eigenvalue weighted by atomic mass is 10.0. The number of carboxylic acid groups (broad SMARTS) is 1. The molecule has 2 aromatic heterocycles. The molecule has 0 bridgehead atoms. The number of nitriles is 1. The molecule has 0 unspecified atom stereocenters. The number of carbonyl (C=O) groups is 4. The van der Waals surface area contributed by atoms with E-state index in [2.05, 4.69) is 15.5 Å². The van der Waals surface area contributed by atoms with Crippen LogP contribution in [0, 0.1) is 11.5 Å². The number of hydrogen-bond acceptors (Lipinski definition) is 12. The summed E-state index contributed by atoms with van der Waals surface area (Å²) in [7, 11) is 0. The van der Waals surface area contributed by atoms with Crippen LogP contribution in [-0.4, -0.2) is 63.1 Å². The van der Waals surface area contributed by atoms with Gasteiger partial charge in [-0.1, -0.05) is 11.2 Å². The van der Waals surface area contributed by atoms with E-state index in [1.54, 1.807) is 42.2 Å². The maximum atomic E-state index is 13.0. The Kier molecular flexibility index (Phi) is 8.76. The number of pyridine rings is 1. The number of carbonyl (C=O) groups excluding carboxylic acids is 4. The fraction of sp³-hybridized carbons (Fsp3) is 0.250. The zero-order valence-corrected chi connectivity index (χ0v) is 22.5. The first-order valence-electron chi connectivity index (χ1n) is 11.7. The first-order valence-corrected chi connectivity index (χ1v) is 13.6. The second-order valence-electron chi connectivity index (χ2n) is 8.20. The highest BCUT2D eigenvalue weighted by Gasteiger charge is 2.53. The molecule has 4 rings (SSSR count). The predicted octanol–water partition coefficient (Wildman–Crippen LogP) is -1.38. The minimum absolute atomic E-state index is 0.155. The summed E-state index contributed by atoms with van der Waals surface area (Å²) < 4.78 is 1.73. The third-order valence-corrected chi connectivity index (χ3v) is 7.68. The van der Waals surface area contributed by atoms with Crippen LogP contribution in [0.15, 0.2) is 58.5 Å². The molecule has 0 radical (unpaired) electrons. The molecule has 40 heavy (non-hydrogen) atoms. The van der Waals surface area contributed by atoms with E-state index in [1.165, 1.54) is 29.3 Å². The number of thioether (sulfide) groups is 1. The summed E-state index contributed by atoms with van der Waals surface area (Å²) in [6.07, 6.45) is 8.12. The van der Waals surface area contributed by atoms with Crippen molar-refractivity contribution in [3.05, 3.63) is 64.6 Å². The number of amides is 3. The highest BCUT2D eigenvalue weighted by Crippen LogP contribution is 2.40. The van der Waals surface area contributed by atoms with Crippen molar-refractivity contribution >= 4 is 57.6 Å². The van der Waals surface area contributed by atoms with E-state index < -0.39 is 35.1 Å². The van der Waals surface area contributed by atoms with E-state index in [9.17, 15) is 24.3 Å². The molecule has 4 heterocycles. The number of nitrogen functional groups attached to an aromatic ring is 1. The SMILES string of the molecule is CCO/N=C(\C(=O)N[C@@H]1C(=O)N2C(C(=O)[O-])=C(/C=C/C[n+]3ccc(C(=O)NC#N)cc3)CS[C@H]12)c1csc(N)n1. The molecule has 16 heteroatoms. The maximum absolute atomic E-state index is 13.0. The van der Waals surface area contributed by atoms with Gasteiger partial charge in [-0.2, -0.15) is 5.26 Å². The molecule has 0 saturated carbocycles. The molecule has 2 aromatic rings. The summed E-state index contributed by atoms with van der Waals surface area (Å²) in [6, 6.07) is 2.08. The molecule has 0 spiro atoms. The summed E-state index contributed by atoms with van der Waals surface area (Å²) in [5.41, 5.74) is 6.12. The van der Waals surface area contributed by atoms with Gasteiger partial charge in [-0.3, -0.25) is 24.6 Å². The molecule has 2 aliphatic rings. The number of β-lactam (4-membered cyclic amide) rings is 1. The van der Waals surface area contributed by atoms with Gasteiger partial charge in [-0.15, -0.1) is 23.1 Å². The molecular weight excluding hydrogens is 560 g/mol. The molecule has 3 amide bonds. The normalized spacial score (nSPS) is 18.6. The number of thiazole rings is 1. The third kappa shape index (κ3) is 5.95. The fourth-order valence-electron chi connectivity index (χ4n) is 3.87. The van der Waals surface area contributed by atoms with Crippen molar-refractivity contribution in [2.75, 3.05) is 18.1 Å². The zero-order valence-electron chi connectivity index (χ0n) is 20.9. The number of fused-ring (bicyclic) bond motifs is 1. The largest absolute Gasteiger partial charge is 0.543 e. The van der Waals surface area contributed by atoms with E-state index in [-0.39, 0.29) is 34.6 Å². The van der Waals surface area contributed by atoms with Gasteiger partial charge in [0, 0.05) is 23.3 Å². The molecule has 2 atom stereocenters. The van der Waals surface area contributed by atoms with E-state index in [0.717, 1.165) is 16.2 Å². The van der Waals surface area contributed by atoms with Crippen molar-refractivity contribution in [3.8, 4) is 6.19 Å². The standard InChI is InChI=1S/C24H22N8O6S2/c1-2-38-30-16(15-11-40-24(26)28-15)20(34)29-17-21(35)32-18(23(36)37)14(10-39-22(17)32)4-3-7-31-8-5-13(6-9-31)19(33)27-12-25/h3-6,8-9,11,17,22H,2,7,10H2,1H3,(H4-,26,27,28,29,33,34,36,37)/b4-3+,30-16-/t17-,22-/m1/s1. The predicted molar refractivity (Wildman–Crippen MR) is 141 cm³/mol. The van der Waals surface area contributed by atoms with Crippen LogP contribution in [0.5, 0.6) is 0 Å². The minimum Gasteiger partial charge on any atom is -0.543 e. The van der Waals surface area contributed by atoms with Crippen LogP contribution >= 0.6 is 23.1 Å². The van der Waals surface area contributed by atoms with E-state index >= 15 is 0 Å². The topological polar surface area (TPSA) is 207 Å². The van der Waals surface area contributed by atoms with Gasteiger partial charge in [0.1, 0.15) is 23.7 Å². The Morgan fingerprint density at radius 1 is 1.40 bits per heavy atom. The monoisotopic (exact) mass is 582 g/mol. The smallest absolute Gasteiger partial charge is 0.276 e. The van der Waals surface area contributed by atoms with Crippen molar-refractivity contribution in [3.63, 3.8) is 0 Å². The number of oxime groups is 1. The number of aromatic nitrogens is 2. The molecule has 14 nitrogen and oxygen atoms in total. The average Bonchev–Trinajstić information content (AvgIpc) is 3.37. The Balaban J connectivity index is 1.45. The van der Waals surface area contributed by atoms with Crippen LogP contribution in [0.2, 0.25) is 0 Å². The van der Waals surface area contributed by atoms with Gasteiger partial charge < -0.3 is 25.8 Å². The summed E-state index contributed by atoms with van der Waals surface area (Å²) in [5, 5.41) is 30.1. The number of aliphatic carboxylic acids is 1. The highest BCUT2D eigenvalue weighted by molar-refractivity contribution is 8.00. The Morgan fingerprint density at radius 3 is 2.77 bits per heavy atom. The van der Waals surface area contributed by atoms with E-state index in [1.807, 2.05) is 5.32 Å². The first kappa shape index (κ1) is 28.3. The van der Waals surface area contributed by atoms with Crippen LogP contribution < -0.4 is 26.0 Å². The third-order valence-electron chi connectivity index (χ3n) is 5.70. The molecule has 1 saturated heterocycles. The van der Waals surface area contributed by atoms with Crippen molar-refractivity contribution in [2.24, 2.45) is 5.16 Å². The Morgan fingerprint density at radius 2 is 2.15 bits per heavy atom. The Labute approximate surface area is 235 Å². The molecule has 206 valence electrons. The lowest BCUT2D eigenvalue weighted by Gasteiger charge is -2.50. The second kappa shape index (κ2) is 12.4. The summed E-state index contributed by atoms with van der Waals surface area (Å²) in [6.45, 7) is 2.23. The van der Waals surface area contributed by atoms with Crippen LogP contribution in [0.25, 0.3) is 0 Å². The van der Waals surface area contributed by atoms with Gasteiger partial charge in [0.05, 0.1) is 17.2 Å². The van der Waals surface area contributed by atoms with Crippen molar-refractivity contribution in [1.82, 2.24) is 20.5 Å². The van der Waals surface area contributed by atoms with Crippen LogP contribution in [-0.2, 0) is 25.8 Å². The average molecular weight is 583 g/mol. The van der Waals surface area contributed by atoms with E-state index in [4.69, 9.17) is 15.8 Å². The van der Waals surface area contributed by atoms with Gasteiger partial charge in [-0.25, -0.2) is 9.55 Å². The van der Waals surface area contributed by atoms with Crippen molar-refractivity contribution < 1.29 is 33.7 Å². The number of hydrogen-bond donors (Lipinski definition) is 3. The van der Waals surface area contributed by atoms with Gasteiger partial charge >= 0.3 is 0 Å². The Hall–Kier alpha value is -4.75. The summed E-state index contributed by atoms with van der Waals surface area (Å²) >= 11 is 2.40. The maximum Gasteiger partial charge on any atom is 0.276 e. The first-order chi connectivity index (χ1) is 19.2. The molecular formula is C24H22N8O6S2. The van der Waals surface area contributed by atoms with Gasteiger partial charge in [-0.05, 0) is 18.6 Å². The van der Waals surface area contributed by atoms with E-state index in [0.29, 0.717) is 17.7 Å². The van der Waals surface area contributed by atoms with Crippen LogP contribution in [0.3, 0.4) is 0 Å². The molecule has 1 fully saturated rings. The van der Waals surface area contributed by atoms with Gasteiger partial charge in [0.2, 0.25) is 0 Å². The lowest BCUT2D eigenvalue weighted by molar-refractivity contribution is -0.687. The minimum atomic E-state index is -1.51. The number of nitrogens with one attached hydrogen (secondary N) is 2. The van der Waals surface area contributed by atoms with Crippen LogP contribution in [0.4, 0.5) is 5.13 Å². The highest BCUT2D eigenvalue weighted by atomic mass is 32.2. The second-order valence-corrected chi connectivity index (χ2v) is 10.2. The number of anilines is 1. The molecule has 4 N–H and O–H groups in total. The van der Waals surface area contributed by atoms with Crippen LogP contribution in [0.1, 0.15) is 23.0 Å². The number of carboxylic acids is 1. The number of nitrogens with zero attached hydrogens (tertiary/aromatic N) is 5. The van der Waals surface area contributed by atoms with Gasteiger partial charge in [0.25, 0.3) is 17.7 Å². The summed E-state index contributed by atoms with van der Waals surface area (Å²) in [5.74, 6) is -3.11. The molecule has 0 aromatic carbocycles. The van der Waals surface area contributed by atoms with Crippen molar-refractivity contribution in [2.45, 2.75) is 24.9 Å². The molecule has 2 aliphatic heterocycles. The van der Waals surface area contributed by atoms with Gasteiger partial charge in [0.15, 0.2) is 36.0 Å².